The average Bonchev–Trinajstić information content (AvgIpc) is 2.96. The highest BCUT2D eigenvalue weighted by Gasteiger charge is 2.49. The fraction of sp³-hybridized carbons (Fsp3) is 0.600. The molecule has 2 heteroatoms. The molecule has 3 rings (SSSR count). The Morgan fingerprint density at radius 2 is 2.00 bits per heavy atom. The number of nitrogens with zero attached hydrogens (tertiary/aromatic N) is 1. The van der Waals surface area contributed by atoms with E-state index in [1.807, 2.05) is 0 Å². The van der Waals surface area contributed by atoms with Gasteiger partial charge in [-0.2, -0.15) is 0 Å². The van der Waals surface area contributed by atoms with E-state index in [1.165, 1.54) is 24.9 Å². The van der Waals surface area contributed by atoms with Gasteiger partial charge in [0.1, 0.15) is 0 Å². The lowest BCUT2D eigenvalue weighted by molar-refractivity contribution is 0.185. The molecule has 1 aliphatic carbocycles. The van der Waals surface area contributed by atoms with Crippen LogP contribution in [0.3, 0.4) is 0 Å². The van der Waals surface area contributed by atoms with Gasteiger partial charge in [-0.05, 0) is 37.8 Å². The number of benzene rings is 1. The highest BCUT2D eigenvalue weighted by molar-refractivity contribution is 5.41. The standard InChI is InChI=1S/C15H22N2/c1-14(2,16)10-17-9-12-5-3-4-6-13(12)15(11-17)7-8-15/h3-6H,7-11,16H2,1-2H3. The Balaban J connectivity index is 1.87. The van der Waals surface area contributed by atoms with Gasteiger partial charge in [0.15, 0.2) is 0 Å². The topological polar surface area (TPSA) is 29.3 Å². The lowest BCUT2D eigenvalue weighted by Crippen LogP contribution is -2.49. The van der Waals surface area contributed by atoms with E-state index in [9.17, 15) is 0 Å². The molecule has 2 N–H and O–H groups in total. The minimum Gasteiger partial charge on any atom is -0.324 e. The van der Waals surface area contributed by atoms with Crippen molar-refractivity contribution in [2.24, 2.45) is 5.73 Å². The molecule has 1 aromatic carbocycles. The van der Waals surface area contributed by atoms with Crippen LogP contribution >= 0.6 is 0 Å². The van der Waals surface area contributed by atoms with Crippen LogP contribution in [-0.2, 0) is 12.0 Å². The van der Waals surface area contributed by atoms with Gasteiger partial charge < -0.3 is 5.73 Å². The average molecular weight is 230 g/mol. The van der Waals surface area contributed by atoms with Crippen molar-refractivity contribution >= 4 is 0 Å². The Bertz CT molecular complexity index is 427. The SMILES string of the molecule is CC(C)(N)CN1Cc2ccccc2C2(CC2)C1. The highest BCUT2D eigenvalue weighted by atomic mass is 15.2. The van der Waals surface area contributed by atoms with Gasteiger partial charge >= 0.3 is 0 Å². The molecule has 0 unspecified atom stereocenters. The van der Waals surface area contributed by atoms with E-state index < -0.39 is 0 Å². The second-order valence-corrected chi connectivity index (χ2v) is 6.57. The minimum atomic E-state index is -0.0949. The van der Waals surface area contributed by atoms with Gasteiger partial charge in [-0.25, -0.2) is 0 Å². The Morgan fingerprint density at radius 3 is 2.65 bits per heavy atom. The fourth-order valence-electron chi connectivity index (χ4n) is 3.25. The van der Waals surface area contributed by atoms with Crippen molar-refractivity contribution < 1.29 is 0 Å². The molecule has 0 amide bonds. The van der Waals surface area contributed by atoms with Crippen molar-refractivity contribution in [2.75, 3.05) is 13.1 Å². The zero-order chi connectivity index (χ0) is 12.1. The first kappa shape index (κ1) is 11.2. The monoisotopic (exact) mass is 230 g/mol. The van der Waals surface area contributed by atoms with E-state index >= 15 is 0 Å². The molecule has 0 radical (unpaired) electrons. The molecular weight excluding hydrogens is 208 g/mol. The molecule has 1 aromatic rings. The maximum absolute atomic E-state index is 6.15. The van der Waals surface area contributed by atoms with Crippen LogP contribution in [0.1, 0.15) is 37.8 Å². The van der Waals surface area contributed by atoms with Gasteiger partial charge in [0.05, 0.1) is 0 Å². The molecule has 17 heavy (non-hydrogen) atoms. The first-order chi connectivity index (χ1) is 7.99. The molecule has 1 aliphatic heterocycles. The lowest BCUT2D eigenvalue weighted by atomic mass is 9.86. The molecule has 2 nitrogen and oxygen atoms in total. The van der Waals surface area contributed by atoms with Crippen LogP contribution in [0.2, 0.25) is 0 Å². The summed E-state index contributed by atoms with van der Waals surface area (Å²) in [6.07, 6.45) is 2.71. The molecule has 0 atom stereocenters. The first-order valence-electron chi connectivity index (χ1n) is 6.58. The Labute approximate surface area is 104 Å². The summed E-state index contributed by atoms with van der Waals surface area (Å²) in [6.45, 7) is 7.49. The molecule has 2 aliphatic rings. The predicted molar refractivity (Wildman–Crippen MR) is 70.9 cm³/mol. The Hall–Kier alpha value is -0.860. The quantitative estimate of drug-likeness (QED) is 0.844. The molecule has 1 saturated carbocycles. The van der Waals surface area contributed by atoms with Crippen LogP contribution in [-0.4, -0.2) is 23.5 Å². The van der Waals surface area contributed by atoms with Gasteiger partial charge in [-0.1, -0.05) is 24.3 Å². The Kier molecular flexibility index (Phi) is 2.36. The van der Waals surface area contributed by atoms with Crippen molar-refractivity contribution in [3.63, 3.8) is 0 Å². The molecule has 1 spiro atoms. The van der Waals surface area contributed by atoms with E-state index in [4.69, 9.17) is 5.73 Å². The summed E-state index contributed by atoms with van der Waals surface area (Å²) in [5, 5.41) is 0. The zero-order valence-electron chi connectivity index (χ0n) is 10.9. The van der Waals surface area contributed by atoms with Gasteiger partial charge in [0.2, 0.25) is 0 Å². The minimum absolute atomic E-state index is 0.0949. The predicted octanol–water partition coefficient (Wildman–Crippen LogP) is 2.27. The molecule has 0 aromatic heterocycles. The highest BCUT2D eigenvalue weighted by Crippen LogP contribution is 2.52. The second-order valence-electron chi connectivity index (χ2n) is 6.57. The van der Waals surface area contributed by atoms with Gasteiger partial charge in [0.25, 0.3) is 0 Å². The van der Waals surface area contributed by atoms with E-state index in [0.29, 0.717) is 5.41 Å². The number of nitrogens with two attached hydrogens (primary N) is 1. The summed E-state index contributed by atoms with van der Waals surface area (Å²) in [7, 11) is 0. The number of hydrogen-bond acceptors (Lipinski definition) is 2. The first-order valence-corrected chi connectivity index (χ1v) is 6.58. The smallest absolute Gasteiger partial charge is 0.0237 e. The normalized spacial score (nSPS) is 22.5. The van der Waals surface area contributed by atoms with E-state index in [1.54, 1.807) is 5.56 Å². The Morgan fingerprint density at radius 1 is 1.29 bits per heavy atom. The molecule has 1 heterocycles. The summed E-state index contributed by atoms with van der Waals surface area (Å²) in [5.74, 6) is 0. The van der Waals surface area contributed by atoms with Crippen LogP contribution in [0, 0.1) is 0 Å². The summed E-state index contributed by atoms with van der Waals surface area (Å²) in [6, 6.07) is 8.95. The number of rotatable bonds is 2. The lowest BCUT2D eigenvalue weighted by Gasteiger charge is -2.38. The van der Waals surface area contributed by atoms with Gasteiger partial charge in [-0.3, -0.25) is 4.90 Å². The number of hydrogen-bond donors (Lipinski definition) is 1. The van der Waals surface area contributed by atoms with Crippen molar-refractivity contribution in [3.05, 3.63) is 35.4 Å². The largest absolute Gasteiger partial charge is 0.324 e. The third-order valence-corrected chi connectivity index (χ3v) is 3.99. The van der Waals surface area contributed by atoms with E-state index in [2.05, 4.69) is 43.0 Å². The molecule has 0 saturated heterocycles. The van der Waals surface area contributed by atoms with E-state index in [0.717, 1.165) is 13.1 Å². The molecular formula is C15H22N2. The molecule has 1 fully saturated rings. The van der Waals surface area contributed by atoms with E-state index in [-0.39, 0.29) is 5.54 Å². The fourth-order valence-corrected chi connectivity index (χ4v) is 3.25. The third-order valence-electron chi connectivity index (χ3n) is 3.99. The van der Waals surface area contributed by atoms with Crippen LogP contribution in [0.25, 0.3) is 0 Å². The van der Waals surface area contributed by atoms with Crippen LogP contribution < -0.4 is 5.73 Å². The summed E-state index contributed by atoms with van der Waals surface area (Å²) < 4.78 is 0. The zero-order valence-corrected chi connectivity index (χ0v) is 10.9. The van der Waals surface area contributed by atoms with Crippen molar-refractivity contribution in [3.8, 4) is 0 Å². The third kappa shape index (κ3) is 2.12. The van der Waals surface area contributed by atoms with Crippen LogP contribution in [0.5, 0.6) is 0 Å². The summed E-state index contributed by atoms with van der Waals surface area (Å²) in [4.78, 5) is 2.54. The van der Waals surface area contributed by atoms with Crippen LogP contribution in [0.15, 0.2) is 24.3 Å². The van der Waals surface area contributed by atoms with Crippen molar-refractivity contribution in [2.45, 2.75) is 44.2 Å². The van der Waals surface area contributed by atoms with Crippen molar-refractivity contribution in [1.82, 2.24) is 4.90 Å². The molecule has 92 valence electrons. The molecule has 0 bridgehead atoms. The van der Waals surface area contributed by atoms with Gasteiger partial charge in [0, 0.05) is 30.6 Å². The van der Waals surface area contributed by atoms with Crippen LogP contribution in [0.4, 0.5) is 0 Å². The maximum atomic E-state index is 6.15. The number of fused-ring (bicyclic) bond motifs is 2. The van der Waals surface area contributed by atoms with Gasteiger partial charge in [-0.15, -0.1) is 0 Å². The maximum Gasteiger partial charge on any atom is 0.0237 e. The summed E-state index contributed by atoms with van der Waals surface area (Å²) in [5.41, 5.74) is 9.65. The summed E-state index contributed by atoms with van der Waals surface area (Å²) >= 11 is 0. The second kappa shape index (κ2) is 3.56. The van der Waals surface area contributed by atoms with Crippen molar-refractivity contribution in [1.29, 1.82) is 0 Å².